The summed E-state index contributed by atoms with van der Waals surface area (Å²) in [6, 6.07) is 11.9. The van der Waals surface area contributed by atoms with Crippen molar-refractivity contribution in [1.82, 2.24) is 4.98 Å². The zero-order valence-electron chi connectivity index (χ0n) is 8.79. The molecule has 0 atom stereocenters. The van der Waals surface area contributed by atoms with Gasteiger partial charge in [0.15, 0.2) is 0 Å². The number of halogens is 1. The van der Waals surface area contributed by atoms with Crippen LogP contribution in [0.15, 0.2) is 36.4 Å². The average Bonchev–Trinajstić information content (AvgIpc) is 2.22. The Labute approximate surface area is 94.7 Å². The smallest absolute Gasteiger partial charge is 0.0708 e. The molecule has 1 aromatic carbocycles. The van der Waals surface area contributed by atoms with Gasteiger partial charge in [-0.1, -0.05) is 29.8 Å². The Morgan fingerprint density at radius 3 is 2.47 bits per heavy atom. The first-order valence-electron chi connectivity index (χ1n) is 4.87. The Hall–Kier alpha value is -1.34. The van der Waals surface area contributed by atoms with Gasteiger partial charge in [0.25, 0.3) is 0 Å². The molecule has 0 saturated heterocycles. The molecule has 0 aliphatic heterocycles. The molecule has 1 aromatic heterocycles. The number of hydrogen-bond donors (Lipinski definition) is 0. The molecular weight excluding hydrogens is 206 g/mol. The molecular formula is C13H12ClN. The second-order valence-corrected chi connectivity index (χ2v) is 3.98. The van der Waals surface area contributed by atoms with Gasteiger partial charge >= 0.3 is 0 Å². The summed E-state index contributed by atoms with van der Waals surface area (Å²) in [6.07, 6.45) is 0. The largest absolute Gasteiger partial charge is 0.253 e. The van der Waals surface area contributed by atoms with Gasteiger partial charge < -0.3 is 0 Å². The van der Waals surface area contributed by atoms with E-state index in [1.807, 2.05) is 50.2 Å². The fourth-order valence-electron chi connectivity index (χ4n) is 1.58. The highest BCUT2D eigenvalue weighted by molar-refractivity contribution is 6.31. The summed E-state index contributed by atoms with van der Waals surface area (Å²) in [5.74, 6) is 0. The molecule has 0 saturated carbocycles. The molecule has 2 heteroatoms. The van der Waals surface area contributed by atoms with E-state index in [1.54, 1.807) is 0 Å². The van der Waals surface area contributed by atoms with E-state index in [1.165, 1.54) is 0 Å². The predicted octanol–water partition coefficient (Wildman–Crippen LogP) is 4.02. The van der Waals surface area contributed by atoms with Crippen LogP contribution in [0, 0.1) is 13.8 Å². The lowest BCUT2D eigenvalue weighted by molar-refractivity contribution is 1.20. The molecule has 0 unspecified atom stereocenters. The summed E-state index contributed by atoms with van der Waals surface area (Å²) in [7, 11) is 0. The summed E-state index contributed by atoms with van der Waals surface area (Å²) in [6.45, 7) is 4.01. The van der Waals surface area contributed by atoms with Gasteiger partial charge in [0.1, 0.15) is 0 Å². The van der Waals surface area contributed by atoms with Crippen LogP contribution in [0.25, 0.3) is 11.3 Å². The molecule has 0 aliphatic carbocycles. The monoisotopic (exact) mass is 217 g/mol. The van der Waals surface area contributed by atoms with Crippen molar-refractivity contribution >= 4 is 11.6 Å². The molecule has 0 fully saturated rings. The number of pyridine rings is 1. The van der Waals surface area contributed by atoms with Gasteiger partial charge in [-0.3, -0.25) is 4.98 Å². The van der Waals surface area contributed by atoms with Gasteiger partial charge in [0, 0.05) is 16.3 Å². The van der Waals surface area contributed by atoms with Crippen molar-refractivity contribution < 1.29 is 0 Å². The first-order valence-corrected chi connectivity index (χ1v) is 5.25. The Bertz CT molecular complexity index is 492. The molecule has 0 aliphatic rings. The lowest BCUT2D eigenvalue weighted by Gasteiger charge is -2.07. The van der Waals surface area contributed by atoms with E-state index in [4.69, 9.17) is 11.6 Å². The number of rotatable bonds is 1. The van der Waals surface area contributed by atoms with Crippen LogP contribution in [-0.2, 0) is 0 Å². The number of hydrogen-bond acceptors (Lipinski definition) is 1. The molecule has 1 heterocycles. The number of nitrogens with zero attached hydrogens (tertiary/aromatic N) is 1. The predicted molar refractivity (Wildman–Crippen MR) is 64.2 cm³/mol. The van der Waals surface area contributed by atoms with Crippen molar-refractivity contribution in [2.24, 2.45) is 0 Å². The van der Waals surface area contributed by atoms with Crippen LogP contribution in [0.4, 0.5) is 0 Å². The van der Waals surface area contributed by atoms with E-state index < -0.39 is 0 Å². The van der Waals surface area contributed by atoms with Crippen molar-refractivity contribution in [2.45, 2.75) is 13.8 Å². The van der Waals surface area contributed by atoms with Gasteiger partial charge in [-0.15, -0.1) is 0 Å². The first-order chi connectivity index (χ1) is 7.18. The van der Waals surface area contributed by atoms with Crippen LogP contribution in [0.2, 0.25) is 5.02 Å². The van der Waals surface area contributed by atoms with E-state index in [-0.39, 0.29) is 0 Å². The zero-order chi connectivity index (χ0) is 10.8. The lowest BCUT2D eigenvalue weighted by atomic mass is 10.1. The van der Waals surface area contributed by atoms with Crippen LogP contribution in [-0.4, -0.2) is 4.98 Å². The Balaban J connectivity index is 2.59. The molecule has 0 bridgehead atoms. The summed E-state index contributed by atoms with van der Waals surface area (Å²) >= 11 is 6.08. The maximum atomic E-state index is 6.08. The molecule has 15 heavy (non-hydrogen) atoms. The highest BCUT2D eigenvalue weighted by atomic mass is 35.5. The van der Waals surface area contributed by atoms with Gasteiger partial charge in [0.2, 0.25) is 0 Å². The first kappa shape index (κ1) is 10.2. The van der Waals surface area contributed by atoms with Crippen LogP contribution in [0.3, 0.4) is 0 Å². The van der Waals surface area contributed by atoms with E-state index in [2.05, 4.69) is 4.98 Å². The van der Waals surface area contributed by atoms with E-state index in [0.717, 1.165) is 27.5 Å². The molecule has 0 radical (unpaired) electrons. The minimum absolute atomic E-state index is 0.788. The van der Waals surface area contributed by atoms with Crippen LogP contribution in [0.5, 0.6) is 0 Å². The van der Waals surface area contributed by atoms with E-state index >= 15 is 0 Å². The zero-order valence-corrected chi connectivity index (χ0v) is 9.55. The maximum Gasteiger partial charge on any atom is 0.0708 e. The molecule has 2 aromatic rings. The number of aromatic nitrogens is 1. The van der Waals surface area contributed by atoms with Crippen molar-refractivity contribution in [3.05, 3.63) is 52.7 Å². The lowest BCUT2D eigenvalue weighted by Crippen LogP contribution is -1.89. The third kappa shape index (κ3) is 2.02. The standard InChI is InChI=1S/C13H12ClN/c1-9-5-3-8-13(15-9)11-6-4-7-12(14)10(11)2/h3-8H,1-2H3. The van der Waals surface area contributed by atoms with Gasteiger partial charge in [-0.25, -0.2) is 0 Å². The molecule has 1 nitrogen and oxygen atoms in total. The van der Waals surface area contributed by atoms with Crippen LogP contribution in [0.1, 0.15) is 11.3 Å². The topological polar surface area (TPSA) is 12.9 Å². The SMILES string of the molecule is Cc1cccc(-c2cccc(Cl)c2C)n1. The molecule has 0 amide bonds. The van der Waals surface area contributed by atoms with Crippen molar-refractivity contribution in [3.63, 3.8) is 0 Å². The van der Waals surface area contributed by atoms with Crippen molar-refractivity contribution in [3.8, 4) is 11.3 Å². The summed E-state index contributed by atoms with van der Waals surface area (Å²) in [5, 5.41) is 0.788. The second kappa shape index (κ2) is 4.03. The van der Waals surface area contributed by atoms with Gasteiger partial charge in [-0.05, 0) is 37.6 Å². The summed E-state index contributed by atoms with van der Waals surface area (Å²) < 4.78 is 0. The normalized spacial score (nSPS) is 10.3. The second-order valence-electron chi connectivity index (χ2n) is 3.58. The van der Waals surface area contributed by atoms with Crippen molar-refractivity contribution in [2.75, 3.05) is 0 Å². The fraction of sp³-hybridized carbons (Fsp3) is 0.154. The summed E-state index contributed by atoms with van der Waals surface area (Å²) in [4.78, 5) is 4.49. The molecule has 76 valence electrons. The summed E-state index contributed by atoms with van der Waals surface area (Å²) in [5.41, 5.74) is 4.19. The minimum Gasteiger partial charge on any atom is -0.253 e. The Kier molecular flexibility index (Phi) is 2.74. The number of aryl methyl sites for hydroxylation is 1. The molecule has 0 N–H and O–H groups in total. The minimum atomic E-state index is 0.788. The maximum absolute atomic E-state index is 6.08. The van der Waals surface area contributed by atoms with Crippen molar-refractivity contribution in [1.29, 1.82) is 0 Å². The third-order valence-corrected chi connectivity index (χ3v) is 2.84. The Morgan fingerprint density at radius 1 is 1.00 bits per heavy atom. The van der Waals surface area contributed by atoms with Gasteiger partial charge in [0.05, 0.1) is 5.69 Å². The van der Waals surface area contributed by atoms with Crippen LogP contribution < -0.4 is 0 Å². The van der Waals surface area contributed by atoms with Gasteiger partial charge in [-0.2, -0.15) is 0 Å². The molecule has 0 spiro atoms. The van der Waals surface area contributed by atoms with E-state index in [9.17, 15) is 0 Å². The average molecular weight is 218 g/mol. The number of benzene rings is 1. The van der Waals surface area contributed by atoms with Crippen LogP contribution >= 0.6 is 11.6 Å². The third-order valence-electron chi connectivity index (χ3n) is 2.43. The fourth-order valence-corrected chi connectivity index (χ4v) is 1.75. The Morgan fingerprint density at radius 2 is 1.73 bits per heavy atom. The highest BCUT2D eigenvalue weighted by Gasteiger charge is 2.05. The molecule has 2 rings (SSSR count). The van der Waals surface area contributed by atoms with E-state index in [0.29, 0.717) is 0 Å². The highest BCUT2D eigenvalue weighted by Crippen LogP contribution is 2.26. The quantitative estimate of drug-likeness (QED) is 0.703.